The molecule has 6 heteroatoms. The van der Waals surface area contributed by atoms with E-state index < -0.39 is 10.0 Å². The van der Waals surface area contributed by atoms with Crippen molar-refractivity contribution >= 4 is 10.0 Å². The van der Waals surface area contributed by atoms with Crippen LogP contribution in [0.5, 0.6) is 0 Å². The van der Waals surface area contributed by atoms with Crippen LogP contribution in [0.1, 0.15) is 31.9 Å². The van der Waals surface area contributed by atoms with Crippen molar-refractivity contribution in [2.24, 2.45) is 11.7 Å². The van der Waals surface area contributed by atoms with Gasteiger partial charge in [0.1, 0.15) is 4.90 Å². The van der Waals surface area contributed by atoms with Gasteiger partial charge in [-0.1, -0.05) is 12.8 Å². The highest BCUT2D eigenvalue weighted by atomic mass is 32.2. The Morgan fingerprint density at radius 2 is 2.24 bits per heavy atom. The third-order valence-corrected chi connectivity index (χ3v) is 5.48. The number of aryl methyl sites for hydroxylation is 1. The van der Waals surface area contributed by atoms with Gasteiger partial charge >= 0.3 is 0 Å². The second-order valence-electron chi connectivity index (χ2n) is 5.51. The first-order chi connectivity index (χ1) is 10.0. The highest BCUT2D eigenvalue weighted by Gasteiger charge is 2.32. The molecule has 0 radical (unpaired) electrons. The zero-order valence-corrected chi connectivity index (χ0v) is 13.3. The molecule has 0 unspecified atom stereocenters. The Morgan fingerprint density at radius 1 is 1.52 bits per heavy atom. The summed E-state index contributed by atoms with van der Waals surface area (Å²) in [5, 5.41) is 0. The quantitative estimate of drug-likeness (QED) is 0.738. The van der Waals surface area contributed by atoms with E-state index in [1.54, 1.807) is 12.3 Å². The molecule has 1 aromatic rings. The maximum atomic E-state index is 12.7. The van der Waals surface area contributed by atoms with Gasteiger partial charge in [0.05, 0.1) is 6.54 Å². The number of sulfonamides is 1. The first-order valence-electron chi connectivity index (χ1n) is 7.35. The van der Waals surface area contributed by atoms with Crippen molar-refractivity contribution in [1.29, 1.82) is 0 Å². The molecule has 0 aromatic carbocycles. The van der Waals surface area contributed by atoms with Gasteiger partial charge in [-0.2, -0.15) is 4.31 Å². The van der Waals surface area contributed by atoms with Crippen LogP contribution in [0, 0.1) is 18.3 Å². The van der Waals surface area contributed by atoms with E-state index in [-0.39, 0.29) is 6.54 Å². The molecule has 1 aliphatic rings. The van der Waals surface area contributed by atoms with E-state index >= 15 is 0 Å². The van der Waals surface area contributed by atoms with Crippen molar-refractivity contribution in [1.82, 2.24) is 8.87 Å². The van der Waals surface area contributed by atoms with Crippen molar-refractivity contribution in [2.45, 2.75) is 44.2 Å². The Balaban J connectivity index is 2.29. The standard InChI is InChI=1S/C15H23N3O2S/c1-3-7-17-12-15(9-14(17)10-16)21(19,20)18(8-4-2)11-13-5-6-13/h2,9,12-13H,3,5-8,10-11,16H2,1H3. The van der Waals surface area contributed by atoms with Gasteiger partial charge in [-0.05, 0) is 31.2 Å². The lowest BCUT2D eigenvalue weighted by Gasteiger charge is -2.18. The normalized spacial score (nSPS) is 15.3. The number of hydrogen-bond acceptors (Lipinski definition) is 3. The fourth-order valence-corrected chi connectivity index (χ4v) is 3.87. The van der Waals surface area contributed by atoms with Crippen molar-refractivity contribution < 1.29 is 8.42 Å². The Bertz CT molecular complexity index is 624. The SMILES string of the molecule is C#CCN(CC1CC1)S(=O)(=O)c1cc(CN)n(CCC)c1. The van der Waals surface area contributed by atoms with E-state index in [0.29, 0.717) is 23.9 Å². The topological polar surface area (TPSA) is 68.3 Å². The average Bonchev–Trinajstić information content (AvgIpc) is 3.17. The third kappa shape index (κ3) is 3.67. The molecule has 1 saturated carbocycles. The molecule has 1 fully saturated rings. The van der Waals surface area contributed by atoms with E-state index in [4.69, 9.17) is 12.2 Å². The van der Waals surface area contributed by atoms with Gasteiger partial charge in [0.2, 0.25) is 10.0 Å². The molecule has 21 heavy (non-hydrogen) atoms. The number of hydrogen-bond donors (Lipinski definition) is 1. The van der Waals surface area contributed by atoms with Crippen LogP contribution in [0.25, 0.3) is 0 Å². The van der Waals surface area contributed by atoms with Crippen LogP contribution in [0.3, 0.4) is 0 Å². The summed E-state index contributed by atoms with van der Waals surface area (Å²) in [6.45, 7) is 3.78. The van der Waals surface area contributed by atoms with Gasteiger partial charge in [-0.15, -0.1) is 6.42 Å². The van der Waals surface area contributed by atoms with Crippen LogP contribution in [0.2, 0.25) is 0 Å². The average molecular weight is 309 g/mol. The van der Waals surface area contributed by atoms with E-state index in [2.05, 4.69) is 5.92 Å². The molecule has 0 aliphatic heterocycles. The first kappa shape index (κ1) is 16.1. The van der Waals surface area contributed by atoms with Crippen LogP contribution in [0.15, 0.2) is 17.2 Å². The van der Waals surface area contributed by atoms with Crippen LogP contribution >= 0.6 is 0 Å². The van der Waals surface area contributed by atoms with E-state index in [1.807, 2.05) is 11.5 Å². The summed E-state index contributed by atoms with van der Waals surface area (Å²) in [5.41, 5.74) is 6.54. The van der Waals surface area contributed by atoms with Crippen LogP contribution in [-0.2, 0) is 23.1 Å². The van der Waals surface area contributed by atoms with Crippen molar-refractivity contribution in [3.05, 3.63) is 18.0 Å². The summed E-state index contributed by atoms with van der Waals surface area (Å²) >= 11 is 0. The maximum absolute atomic E-state index is 12.7. The van der Waals surface area contributed by atoms with Gasteiger partial charge in [0.25, 0.3) is 0 Å². The van der Waals surface area contributed by atoms with Crippen molar-refractivity contribution in [2.75, 3.05) is 13.1 Å². The summed E-state index contributed by atoms with van der Waals surface area (Å²) in [5.74, 6) is 2.91. The Hall–Kier alpha value is -1.29. The highest BCUT2D eigenvalue weighted by Crippen LogP contribution is 2.31. The second kappa shape index (κ2) is 6.65. The zero-order valence-electron chi connectivity index (χ0n) is 12.5. The summed E-state index contributed by atoms with van der Waals surface area (Å²) in [6.07, 6.45) is 10.1. The Labute approximate surface area is 127 Å². The molecule has 0 amide bonds. The second-order valence-corrected chi connectivity index (χ2v) is 7.45. The number of nitrogens with two attached hydrogens (primary N) is 1. The molecular formula is C15H23N3O2S. The Kier molecular flexibility index (Phi) is 5.09. The minimum absolute atomic E-state index is 0.121. The van der Waals surface area contributed by atoms with Gasteiger partial charge in [0, 0.05) is 31.5 Å². The van der Waals surface area contributed by atoms with E-state index in [1.165, 1.54) is 4.31 Å². The lowest BCUT2D eigenvalue weighted by molar-refractivity contribution is 0.430. The molecule has 5 nitrogen and oxygen atoms in total. The van der Waals surface area contributed by atoms with E-state index in [9.17, 15) is 8.42 Å². The lowest BCUT2D eigenvalue weighted by Crippen LogP contribution is -2.33. The number of rotatable bonds is 8. The van der Waals surface area contributed by atoms with E-state index in [0.717, 1.165) is 31.5 Å². The number of aromatic nitrogens is 1. The largest absolute Gasteiger partial charge is 0.349 e. The van der Waals surface area contributed by atoms with Gasteiger partial charge in [0.15, 0.2) is 0 Å². The molecule has 0 spiro atoms. The summed E-state index contributed by atoms with van der Waals surface area (Å²) in [7, 11) is -3.53. The molecule has 0 bridgehead atoms. The smallest absolute Gasteiger partial charge is 0.245 e. The predicted molar refractivity (Wildman–Crippen MR) is 82.9 cm³/mol. The van der Waals surface area contributed by atoms with Crippen molar-refractivity contribution in [3.8, 4) is 12.3 Å². The maximum Gasteiger partial charge on any atom is 0.245 e. The van der Waals surface area contributed by atoms with Gasteiger partial charge in [-0.25, -0.2) is 8.42 Å². The molecule has 2 rings (SSSR count). The fraction of sp³-hybridized carbons (Fsp3) is 0.600. The summed E-state index contributed by atoms with van der Waals surface area (Å²) in [4.78, 5) is 0.298. The Morgan fingerprint density at radius 3 is 2.76 bits per heavy atom. The zero-order chi connectivity index (χ0) is 15.5. The fourth-order valence-electron chi connectivity index (χ4n) is 2.37. The summed E-state index contributed by atoms with van der Waals surface area (Å²) in [6, 6.07) is 1.67. The number of terminal acetylenes is 1. The molecule has 0 saturated heterocycles. The highest BCUT2D eigenvalue weighted by molar-refractivity contribution is 7.89. The third-order valence-electron chi connectivity index (χ3n) is 3.70. The number of nitrogens with zero attached hydrogens (tertiary/aromatic N) is 2. The van der Waals surface area contributed by atoms with Gasteiger partial charge in [-0.3, -0.25) is 0 Å². The predicted octanol–water partition coefficient (Wildman–Crippen LogP) is 1.39. The molecule has 1 aromatic heterocycles. The first-order valence-corrected chi connectivity index (χ1v) is 8.79. The monoisotopic (exact) mass is 309 g/mol. The van der Waals surface area contributed by atoms with Gasteiger partial charge < -0.3 is 10.3 Å². The van der Waals surface area contributed by atoms with Crippen LogP contribution in [0.4, 0.5) is 0 Å². The van der Waals surface area contributed by atoms with Crippen molar-refractivity contribution in [3.63, 3.8) is 0 Å². The minimum Gasteiger partial charge on any atom is -0.349 e. The molecular weight excluding hydrogens is 286 g/mol. The molecule has 2 N–H and O–H groups in total. The molecule has 0 atom stereocenters. The molecule has 1 heterocycles. The summed E-state index contributed by atoms with van der Waals surface area (Å²) < 4.78 is 28.8. The molecule has 1 aliphatic carbocycles. The van der Waals surface area contributed by atoms with Crippen LogP contribution in [-0.4, -0.2) is 30.4 Å². The molecule has 116 valence electrons. The lowest BCUT2D eigenvalue weighted by atomic mass is 10.4. The minimum atomic E-state index is -3.53. The van der Waals surface area contributed by atoms with Crippen LogP contribution < -0.4 is 5.73 Å².